The first kappa shape index (κ1) is 13.5. The van der Waals surface area contributed by atoms with Crippen LogP contribution in [0.3, 0.4) is 0 Å². The molecule has 2 aromatic rings. The maximum Gasteiger partial charge on any atom is 0.251 e. The van der Waals surface area contributed by atoms with E-state index in [0.717, 1.165) is 23.4 Å². The van der Waals surface area contributed by atoms with E-state index in [9.17, 15) is 4.79 Å². The van der Waals surface area contributed by atoms with Crippen LogP contribution in [0.2, 0.25) is 0 Å². The number of hydrogen-bond acceptors (Lipinski definition) is 4. The van der Waals surface area contributed by atoms with E-state index in [0.29, 0.717) is 12.2 Å². The number of nitrogens with one attached hydrogen (secondary N) is 2. The molecule has 5 heteroatoms. The lowest BCUT2D eigenvalue weighted by Gasteiger charge is -2.26. The Balaban J connectivity index is 1.76. The van der Waals surface area contributed by atoms with Gasteiger partial charge in [-0.3, -0.25) is 10.6 Å². The van der Waals surface area contributed by atoms with Gasteiger partial charge in [0.2, 0.25) is 0 Å². The predicted molar refractivity (Wildman–Crippen MR) is 81.0 cm³/mol. The molecule has 1 unspecified atom stereocenters. The second-order valence-electron chi connectivity index (χ2n) is 4.92. The van der Waals surface area contributed by atoms with E-state index in [1.165, 1.54) is 0 Å². The molecule has 1 amide bonds. The number of benzene rings is 2. The molecule has 0 spiro atoms. The lowest BCUT2D eigenvalue weighted by atomic mass is 10.00. The number of nitrogen functional groups attached to an aromatic ring is 1. The van der Waals surface area contributed by atoms with Crippen molar-refractivity contribution in [3.05, 3.63) is 59.7 Å². The minimum atomic E-state index is -0.0970. The van der Waals surface area contributed by atoms with Crippen LogP contribution in [0, 0.1) is 0 Å². The molecule has 5 nitrogen and oxygen atoms in total. The van der Waals surface area contributed by atoms with Gasteiger partial charge in [-0.25, -0.2) is 0 Å². The molecule has 3 rings (SSSR count). The summed E-state index contributed by atoms with van der Waals surface area (Å²) in [7, 11) is 0. The summed E-state index contributed by atoms with van der Waals surface area (Å²) in [6.07, 6.45) is 0.769. The van der Waals surface area contributed by atoms with Crippen LogP contribution < -0.4 is 21.3 Å². The van der Waals surface area contributed by atoms with Gasteiger partial charge in [0.05, 0.1) is 12.6 Å². The van der Waals surface area contributed by atoms with Crippen molar-refractivity contribution < 1.29 is 9.53 Å². The largest absolute Gasteiger partial charge is 0.493 e. The number of fused-ring (bicyclic) bond motifs is 1. The van der Waals surface area contributed by atoms with Crippen LogP contribution in [0.15, 0.2) is 48.5 Å². The van der Waals surface area contributed by atoms with Crippen molar-refractivity contribution in [1.82, 2.24) is 5.32 Å². The van der Waals surface area contributed by atoms with Gasteiger partial charge in [-0.1, -0.05) is 18.2 Å². The third-order valence-corrected chi connectivity index (χ3v) is 3.58. The molecular weight excluding hydrogens is 266 g/mol. The summed E-state index contributed by atoms with van der Waals surface area (Å²) < 4.78 is 5.60. The smallest absolute Gasteiger partial charge is 0.251 e. The first-order valence-electron chi connectivity index (χ1n) is 6.87. The maximum atomic E-state index is 12.3. The Labute approximate surface area is 123 Å². The molecule has 0 saturated carbocycles. The van der Waals surface area contributed by atoms with Crippen molar-refractivity contribution >= 4 is 11.6 Å². The second kappa shape index (κ2) is 5.85. The maximum absolute atomic E-state index is 12.3. The van der Waals surface area contributed by atoms with Gasteiger partial charge in [0.1, 0.15) is 5.75 Å². The Bertz CT molecular complexity index is 640. The van der Waals surface area contributed by atoms with Crippen LogP contribution >= 0.6 is 0 Å². The molecule has 0 bridgehead atoms. The van der Waals surface area contributed by atoms with Gasteiger partial charge in [0, 0.05) is 23.2 Å². The van der Waals surface area contributed by atoms with Gasteiger partial charge in [-0.2, -0.15) is 0 Å². The number of amides is 1. The van der Waals surface area contributed by atoms with Crippen molar-refractivity contribution in [3.63, 3.8) is 0 Å². The van der Waals surface area contributed by atoms with Crippen molar-refractivity contribution in [2.75, 3.05) is 12.0 Å². The molecule has 4 N–H and O–H groups in total. The normalized spacial score (nSPS) is 16.5. The van der Waals surface area contributed by atoms with Crippen molar-refractivity contribution in [2.45, 2.75) is 12.5 Å². The highest BCUT2D eigenvalue weighted by Crippen LogP contribution is 2.31. The van der Waals surface area contributed by atoms with Gasteiger partial charge in [0.25, 0.3) is 5.91 Å². The number of anilines is 1. The van der Waals surface area contributed by atoms with Crippen molar-refractivity contribution in [2.24, 2.45) is 5.84 Å². The highest BCUT2D eigenvalue weighted by molar-refractivity contribution is 5.94. The quantitative estimate of drug-likeness (QED) is 0.596. The third-order valence-electron chi connectivity index (χ3n) is 3.58. The summed E-state index contributed by atoms with van der Waals surface area (Å²) in [5, 5.41) is 3.06. The van der Waals surface area contributed by atoms with Crippen LogP contribution in [0.25, 0.3) is 0 Å². The standard InChI is InChI=1S/C16H17N3O2/c17-19-12-7-5-11(6-8-12)16(20)18-14-9-10-21-15-4-2-1-3-13(14)15/h1-8,14,19H,9-10,17H2,(H,18,20). The third kappa shape index (κ3) is 2.83. The fourth-order valence-electron chi connectivity index (χ4n) is 2.45. The van der Waals surface area contributed by atoms with E-state index >= 15 is 0 Å². The van der Waals surface area contributed by atoms with Crippen LogP contribution in [0.5, 0.6) is 5.75 Å². The monoisotopic (exact) mass is 283 g/mol. The Morgan fingerprint density at radius 1 is 1.14 bits per heavy atom. The number of hydrazine groups is 1. The molecule has 2 aromatic carbocycles. The summed E-state index contributed by atoms with van der Waals surface area (Å²) >= 11 is 0. The number of carbonyl (C=O) groups excluding carboxylic acids is 1. The zero-order chi connectivity index (χ0) is 14.7. The van der Waals surface area contributed by atoms with Gasteiger partial charge >= 0.3 is 0 Å². The number of carbonyl (C=O) groups is 1. The molecular formula is C16H17N3O2. The average Bonchev–Trinajstić information content (AvgIpc) is 2.55. The van der Waals surface area contributed by atoms with Crippen molar-refractivity contribution in [3.8, 4) is 5.75 Å². The molecule has 0 aromatic heterocycles. The van der Waals surface area contributed by atoms with Crippen molar-refractivity contribution in [1.29, 1.82) is 0 Å². The molecule has 0 radical (unpaired) electrons. The van der Waals surface area contributed by atoms with E-state index in [4.69, 9.17) is 10.6 Å². The lowest BCUT2D eigenvalue weighted by molar-refractivity contribution is 0.0925. The Hall–Kier alpha value is -2.53. The molecule has 1 aliphatic heterocycles. The fraction of sp³-hybridized carbons (Fsp3) is 0.188. The SMILES string of the molecule is NNc1ccc(C(=O)NC2CCOc3ccccc32)cc1. The highest BCUT2D eigenvalue weighted by Gasteiger charge is 2.22. The molecule has 21 heavy (non-hydrogen) atoms. The topological polar surface area (TPSA) is 76.4 Å². The minimum absolute atomic E-state index is 0.0187. The molecule has 0 aliphatic carbocycles. The summed E-state index contributed by atoms with van der Waals surface area (Å²) in [5.41, 5.74) is 4.94. The van der Waals surface area contributed by atoms with Crippen LogP contribution in [0.4, 0.5) is 5.69 Å². The summed E-state index contributed by atoms with van der Waals surface area (Å²) in [6, 6.07) is 14.8. The lowest BCUT2D eigenvalue weighted by Crippen LogP contribution is -2.32. The van der Waals surface area contributed by atoms with Gasteiger partial charge in [0.15, 0.2) is 0 Å². The number of para-hydroxylation sites is 1. The molecule has 1 heterocycles. The molecule has 1 aliphatic rings. The van der Waals surface area contributed by atoms with E-state index in [1.54, 1.807) is 24.3 Å². The Morgan fingerprint density at radius 2 is 1.90 bits per heavy atom. The second-order valence-corrected chi connectivity index (χ2v) is 4.92. The highest BCUT2D eigenvalue weighted by atomic mass is 16.5. The first-order chi connectivity index (χ1) is 10.3. The van der Waals surface area contributed by atoms with Crippen LogP contribution in [-0.2, 0) is 0 Å². The number of ether oxygens (including phenoxy) is 1. The predicted octanol–water partition coefficient (Wildman–Crippen LogP) is 2.23. The Kier molecular flexibility index (Phi) is 3.75. The van der Waals surface area contributed by atoms with Gasteiger partial charge in [-0.05, 0) is 30.3 Å². The van der Waals surface area contributed by atoms with E-state index in [2.05, 4.69) is 10.7 Å². The summed E-state index contributed by atoms with van der Waals surface area (Å²) in [5.74, 6) is 6.06. The number of rotatable bonds is 3. The zero-order valence-electron chi connectivity index (χ0n) is 11.5. The summed E-state index contributed by atoms with van der Waals surface area (Å²) in [6.45, 7) is 0.609. The Morgan fingerprint density at radius 3 is 2.67 bits per heavy atom. The van der Waals surface area contributed by atoms with E-state index in [1.807, 2.05) is 24.3 Å². The van der Waals surface area contributed by atoms with E-state index in [-0.39, 0.29) is 11.9 Å². The van der Waals surface area contributed by atoms with Gasteiger partial charge in [-0.15, -0.1) is 0 Å². The van der Waals surface area contributed by atoms with Gasteiger partial charge < -0.3 is 15.5 Å². The summed E-state index contributed by atoms with van der Waals surface area (Å²) in [4.78, 5) is 12.3. The number of hydrogen-bond donors (Lipinski definition) is 3. The molecule has 0 saturated heterocycles. The van der Waals surface area contributed by atoms with E-state index < -0.39 is 0 Å². The molecule has 1 atom stereocenters. The van der Waals surface area contributed by atoms with Crippen LogP contribution in [0.1, 0.15) is 28.4 Å². The zero-order valence-corrected chi connectivity index (χ0v) is 11.5. The average molecular weight is 283 g/mol. The molecule has 0 fully saturated rings. The minimum Gasteiger partial charge on any atom is -0.493 e. The first-order valence-corrected chi connectivity index (χ1v) is 6.87. The fourth-order valence-corrected chi connectivity index (χ4v) is 2.45. The van der Waals surface area contributed by atoms with Crippen LogP contribution in [-0.4, -0.2) is 12.5 Å². The number of nitrogens with two attached hydrogens (primary N) is 1. The molecule has 108 valence electrons.